The summed E-state index contributed by atoms with van der Waals surface area (Å²) < 4.78 is 5.70. The van der Waals surface area contributed by atoms with E-state index in [0.29, 0.717) is 5.69 Å². The predicted octanol–water partition coefficient (Wildman–Crippen LogP) is 3.33. The van der Waals surface area contributed by atoms with Crippen molar-refractivity contribution >= 4 is 38.4 Å². The van der Waals surface area contributed by atoms with E-state index in [4.69, 9.17) is 0 Å². The van der Waals surface area contributed by atoms with E-state index < -0.39 is 5.97 Å². The molecule has 0 atom stereocenters. The van der Waals surface area contributed by atoms with Crippen LogP contribution in [0.2, 0.25) is 0 Å². The average Bonchev–Trinajstić information content (AvgIpc) is 2.90. The molecule has 19 heavy (non-hydrogen) atoms. The normalized spacial score (nSPS) is 10.3. The molecule has 1 aromatic heterocycles. The molecule has 1 aromatic carbocycles. The molecular formula is C13H13BrN2O2S. The van der Waals surface area contributed by atoms with Crippen molar-refractivity contribution in [2.24, 2.45) is 0 Å². The van der Waals surface area contributed by atoms with Crippen LogP contribution in [0.25, 0.3) is 0 Å². The van der Waals surface area contributed by atoms with Gasteiger partial charge in [0.05, 0.1) is 7.11 Å². The second kappa shape index (κ2) is 6.16. The van der Waals surface area contributed by atoms with Gasteiger partial charge in [-0.1, -0.05) is 28.1 Å². The number of rotatable bonds is 4. The summed E-state index contributed by atoms with van der Waals surface area (Å²) in [5, 5.41) is 2.50. The smallest absolute Gasteiger partial charge is 0.357 e. The number of hydrogen-bond acceptors (Lipinski definition) is 5. The Hall–Kier alpha value is -1.40. The molecule has 0 spiro atoms. The molecule has 0 bridgehead atoms. The number of ether oxygens (including phenoxy) is 1. The van der Waals surface area contributed by atoms with Crippen LogP contribution in [0.5, 0.6) is 0 Å². The van der Waals surface area contributed by atoms with E-state index in [1.807, 2.05) is 24.1 Å². The average molecular weight is 341 g/mol. The van der Waals surface area contributed by atoms with Gasteiger partial charge in [-0.05, 0) is 17.7 Å². The van der Waals surface area contributed by atoms with Gasteiger partial charge < -0.3 is 9.64 Å². The standard InChI is InChI=1S/C13H13BrN2O2S/c1-16(7-9-3-5-10(14)6-4-9)13-15-11(8-19-13)12(17)18-2/h3-6,8H,7H2,1-2H3. The number of halogens is 1. The lowest BCUT2D eigenvalue weighted by Gasteiger charge is -2.15. The first-order valence-electron chi connectivity index (χ1n) is 5.59. The highest BCUT2D eigenvalue weighted by Gasteiger charge is 2.13. The van der Waals surface area contributed by atoms with Gasteiger partial charge in [-0.15, -0.1) is 11.3 Å². The van der Waals surface area contributed by atoms with Crippen molar-refractivity contribution in [2.75, 3.05) is 19.1 Å². The first kappa shape index (κ1) is 14.0. The molecule has 0 unspecified atom stereocenters. The van der Waals surface area contributed by atoms with Crippen molar-refractivity contribution in [3.8, 4) is 0 Å². The first-order chi connectivity index (χ1) is 9.10. The number of methoxy groups -OCH3 is 1. The van der Waals surface area contributed by atoms with Crippen LogP contribution in [-0.2, 0) is 11.3 Å². The van der Waals surface area contributed by atoms with Gasteiger partial charge in [0.1, 0.15) is 0 Å². The zero-order valence-corrected chi connectivity index (χ0v) is 13.0. The van der Waals surface area contributed by atoms with Crippen LogP contribution in [0, 0.1) is 0 Å². The highest BCUT2D eigenvalue weighted by Crippen LogP contribution is 2.22. The predicted molar refractivity (Wildman–Crippen MR) is 79.7 cm³/mol. The quantitative estimate of drug-likeness (QED) is 0.800. The Bertz CT molecular complexity index is 568. The molecule has 100 valence electrons. The van der Waals surface area contributed by atoms with E-state index in [1.165, 1.54) is 24.0 Å². The summed E-state index contributed by atoms with van der Waals surface area (Å²) in [5.74, 6) is -0.403. The number of esters is 1. The molecule has 0 radical (unpaired) electrons. The number of carbonyl (C=O) groups excluding carboxylic acids is 1. The van der Waals surface area contributed by atoms with E-state index in [-0.39, 0.29) is 0 Å². The zero-order valence-electron chi connectivity index (χ0n) is 10.6. The molecule has 0 saturated carbocycles. The number of anilines is 1. The molecule has 0 N–H and O–H groups in total. The topological polar surface area (TPSA) is 42.4 Å². The molecule has 0 aliphatic carbocycles. The number of carbonyl (C=O) groups is 1. The van der Waals surface area contributed by atoms with Crippen LogP contribution in [-0.4, -0.2) is 25.1 Å². The summed E-state index contributed by atoms with van der Waals surface area (Å²) >= 11 is 4.84. The lowest BCUT2D eigenvalue weighted by molar-refractivity contribution is 0.0595. The molecule has 1 heterocycles. The molecule has 2 aromatic rings. The first-order valence-corrected chi connectivity index (χ1v) is 7.27. The molecule has 0 fully saturated rings. The Kier molecular flexibility index (Phi) is 4.55. The van der Waals surface area contributed by atoms with E-state index in [1.54, 1.807) is 5.38 Å². The fourth-order valence-corrected chi connectivity index (χ4v) is 2.60. The Morgan fingerprint density at radius 2 is 2.11 bits per heavy atom. The summed E-state index contributed by atoms with van der Waals surface area (Å²) in [5.41, 5.74) is 1.53. The van der Waals surface area contributed by atoms with E-state index >= 15 is 0 Å². The molecule has 6 heteroatoms. The number of aromatic nitrogens is 1. The minimum absolute atomic E-state index is 0.352. The SMILES string of the molecule is COC(=O)c1csc(N(C)Cc2ccc(Br)cc2)n1. The summed E-state index contributed by atoms with van der Waals surface area (Å²) in [6.07, 6.45) is 0. The van der Waals surface area contributed by atoms with Gasteiger partial charge in [-0.2, -0.15) is 0 Å². The van der Waals surface area contributed by atoms with Gasteiger partial charge >= 0.3 is 5.97 Å². The second-order valence-electron chi connectivity index (χ2n) is 3.99. The third kappa shape index (κ3) is 3.54. The van der Waals surface area contributed by atoms with E-state index in [0.717, 1.165) is 16.1 Å². The molecule has 0 saturated heterocycles. The van der Waals surface area contributed by atoms with Crippen LogP contribution >= 0.6 is 27.3 Å². The highest BCUT2D eigenvalue weighted by molar-refractivity contribution is 9.10. The Balaban J connectivity index is 2.07. The maximum atomic E-state index is 11.3. The van der Waals surface area contributed by atoms with Crippen molar-refractivity contribution in [3.05, 3.63) is 45.4 Å². The molecule has 0 aliphatic heterocycles. The Morgan fingerprint density at radius 1 is 1.42 bits per heavy atom. The molecule has 2 rings (SSSR count). The number of hydrogen-bond donors (Lipinski definition) is 0. The maximum Gasteiger partial charge on any atom is 0.357 e. The Labute approximate surface area is 124 Å². The summed E-state index contributed by atoms with van der Waals surface area (Å²) in [4.78, 5) is 17.6. The molecule has 0 amide bonds. The van der Waals surface area contributed by atoms with Crippen LogP contribution in [0.3, 0.4) is 0 Å². The highest BCUT2D eigenvalue weighted by atomic mass is 79.9. The van der Waals surface area contributed by atoms with Crippen molar-refractivity contribution < 1.29 is 9.53 Å². The van der Waals surface area contributed by atoms with Crippen LogP contribution < -0.4 is 4.90 Å². The Morgan fingerprint density at radius 3 is 2.74 bits per heavy atom. The minimum atomic E-state index is -0.403. The fraction of sp³-hybridized carbons (Fsp3) is 0.231. The van der Waals surface area contributed by atoms with Gasteiger partial charge in [-0.3, -0.25) is 0 Å². The lowest BCUT2D eigenvalue weighted by Crippen LogP contribution is -2.16. The third-order valence-corrected chi connectivity index (χ3v) is 4.03. The van der Waals surface area contributed by atoms with Crippen molar-refractivity contribution in [3.63, 3.8) is 0 Å². The fourth-order valence-electron chi connectivity index (χ4n) is 1.57. The third-order valence-electron chi connectivity index (χ3n) is 2.55. The molecular weight excluding hydrogens is 328 g/mol. The van der Waals surface area contributed by atoms with Crippen LogP contribution in [0.4, 0.5) is 5.13 Å². The van der Waals surface area contributed by atoms with Crippen molar-refractivity contribution in [2.45, 2.75) is 6.54 Å². The van der Waals surface area contributed by atoms with Crippen LogP contribution in [0.1, 0.15) is 16.1 Å². The maximum absolute atomic E-state index is 11.3. The van der Waals surface area contributed by atoms with Crippen molar-refractivity contribution in [1.82, 2.24) is 4.98 Å². The van der Waals surface area contributed by atoms with E-state index in [9.17, 15) is 4.79 Å². The minimum Gasteiger partial charge on any atom is -0.464 e. The number of benzene rings is 1. The molecule has 0 aliphatic rings. The van der Waals surface area contributed by atoms with Gasteiger partial charge in [-0.25, -0.2) is 9.78 Å². The van der Waals surface area contributed by atoms with Crippen molar-refractivity contribution in [1.29, 1.82) is 0 Å². The van der Waals surface area contributed by atoms with Crippen LogP contribution in [0.15, 0.2) is 34.1 Å². The van der Waals surface area contributed by atoms with Gasteiger partial charge in [0, 0.05) is 23.4 Å². The summed E-state index contributed by atoms with van der Waals surface area (Å²) in [6, 6.07) is 8.11. The van der Waals surface area contributed by atoms with Gasteiger partial charge in [0.25, 0.3) is 0 Å². The summed E-state index contributed by atoms with van der Waals surface area (Å²) in [6.45, 7) is 0.738. The number of thiazole rings is 1. The zero-order chi connectivity index (χ0) is 13.8. The lowest BCUT2D eigenvalue weighted by atomic mass is 10.2. The largest absolute Gasteiger partial charge is 0.464 e. The van der Waals surface area contributed by atoms with Gasteiger partial charge in [0.15, 0.2) is 10.8 Å². The van der Waals surface area contributed by atoms with Gasteiger partial charge in [0.2, 0.25) is 0 Å². The molecule has 4 nitrogen and oxygen atoms in total. The number of nitrogens with zero attached hydrogens (tertiary/aromatic N) is 2. The summed E-state index contributed by atoms with van der Waals surface area (Å²) in [7, 11) is 3.30. The van der Waals surface area contributed by atoms with E-state index in [2.05, 4.69) is 37.8 Å². The monoisotopic (exact) mass is 340 g/mol. The second-order valence-corrected chi connectivity index (χ2v) is 5.74.